The first-order valence-corrected chi connectivity index (χ1v) is 24.5. The summed E-state index contributed by atoms with van der Waals surface area (Å²) in [6, 6.07) is 5.76. The molecule has 0 fully saturated rings. The number of benzene rings is 1. The van der Waals surface area contributed by atoms with Gasteiger partial charge in [-0.15, -0.1) is 0 Å². The van der Waals surface area contributed by atoms with Gasteiger partial charge in [-0.3, -0.25) is 9.59 Å². The molecule has 6 nitrogen and oxygen atoms in total. The molecule has 0 saturated heterocycles. The van der Waals surface area contributed by atoms with E-state index in [1.807, 2.05) is 18.2 Å². The van der Waals surface area contributed by atoms with Gasteiger partial charge >= 0.3 is 11.9 Å². The van der Waals surface area contributed by atoms with Crippen molar-refractivity contribution in [3.05, 3.63) is 78.9 Å². The summed E-state index contributed by atoms with van der Waals surface area (Å²) in [7, 11) is 0. The summed E-state index contributed by atoms with van der Waals surface area (Å²) in [5.74, 6) is 1.19. The highest BCUT2D eigenvalue weighted by Crippen LogP contribution is 2.24. The van der Waals surface area contributed by atoms with Gasteiger partial charge in [-0.25, -0.2) is 0 Å². The van der Waals surface area contributed by atoms with Gasteiger partial charge in [0.25, 0.3) is 0 Å². The zero-order valence-corrected chi connectivity index (χ0v) is 38.6. The van der Waals surface area contributed by atoms with Crippen LogP contribution in [0.2, 0.25) is 0 Å². The number of hydrogen-bond donors (Lipinski definition) is 0. The lowest BCUT2D eigenvalue weighted by atomic mass is 10.1. The third-order valence-electron chi connectivity index (χ3n) is 10.4. The Kier molecular flexibility index (Phi) is 39.5. The third-order valence-corrected chi connectivity index (χ3v) is 10.4. The lowest BCUT2D eigenvalue weighted by molar-refractivity contribution is -0.144. The second kappa shape index (κ2) is 43.5. The van der Waals surface area contributed by atoms with Gasteiger partial charge in [0.1, 0.15) is 11.5 Å². The largest absolute Gasteiger partial charge is 0.493 e. The monoisotopic (exact) mass is 833 g/mol. The molecule has 340 valence electrons. The molecule has 0 aliphatic carbocycles. The topological polar surface area (TPSA) is 71.1 Å². The molecule has 1 aromatic carbocycles. The number of carbonyl (C=O) groups excluding carboxylic acids is 2. The van der Waals surface area contributed by atoms with E-state index in [2.05, 4.69) is 69.0 Å². The standard InChI is InChI=1S/C54H88O6/c1-4-7-9-11-13-15-17-19-21-23-25-27-29-31-33-37-45-59-53(55)41-35-39-43-57-51-47-50(6-3)48-52(49-51)58-44-40-36-42-54(56)60-46-38-34-32-30-28-26-24-22-20-18-16-14-12-10-8-5-2/h6,13-16,19-22,47-49H,3-5,7-12,17-18,23-46H2,1-2H3/b15-13-,16-14-,21-19-,22-20-. The summed E-state index contributed by atoms with van der Waals surface area (Å²) in [6.45, 7) is 10.4. The highest BCUT2D eigenvalue weighted by molar-refractivity contribution is 5.69. The van der Waals surface area contributed by atoms with E-state index < -0.39 is 0 Å². The zero-order chi connectivity index (χ0) is 43.2. The summed E-state index contributed by atoms with van der Waals surface area (Å²) in [5.41, 5.74) is 0.919. The van der Waals surface area contributed by atoms with Gasteiger partial charge < -0.3 is 18.9 Å². The van der Waals surface area contributed by atoms with Crippen LogP contribution in [0.5, 0.6) is 11.5 Å². The van der Waals surface area contributed by atoms with Gasteiger partial charge in [-0.1, -0.05) is 152 Å². The van der Waals surface area contributed by atoms with Gasteiger partial charge in [0.2, 0.25) is 0 Å². The van der Waals surface area contributed by atoms with Crippen molar-refractivity contribution in [2.75, 3.05) is 26.4 Å². The molecule has 0 radical (unpaired) electrons. The third kappa shape index (κ3) is 37.5. The molecule has 0 amide bonds. The van der Waals surface area contributed by atoms with Crippen molar-refractivity contribution in [3.8, 4) is 11.5 Å². The van der Waals surface area contributed by atoms with Crippen molar-refractivity contribution in [2.24, 2.45) is 0 Å². The van der Waals surface area contributed by atoms with Crippen LogP contribution in [0.4, 0.5) is 0 Å². The highest BCUT2D eigenvalue weighted by Gasteiger charge is 2.07. The summed E-state index contributed by atoms with van der Waals surface area (Å²) in [6.07, 6.45) is 52.8. The van der Waals surface area contributed by atoms with Crippen LogP contribution >= 0.6 is 0 Å². The maximum Gasteiger partial charge on any atom is 0.305 e. The molecule has 0 saturated carbocycles. The predicted octanol–water partition coefficient (Wildman–Crippen LogP) is 16.1. The summed E-state index contributed by atoms with van der Waals surface area (Å²) in [4.78, 5) is 24.4. The Hall–Kier alpha value is -3.54. The number of ether oxygens (including phenoxy) is 4. The Balaban J connectivity index is 2.00. The van der Waals surface area contributed by atoms with E-state index in [1.165, 1.54) is 116 Å². The second-order valence-corrected chi connectivity index (χ2v) is 16.2. The molecular formula is C54H88O6. The van der Waals surface area contributed by atoms with E-state index in [4.69, 9.17) is 18.9 Å². The van der Waals surface area contributed by atoms with Crippen LogP contribution in [0, 0.1) is 0 Å². The molecule has 0 atom stereocenters. The fourth-order valence-corrected chi connectivity index (χ4v) is 6.70. The average molecular weight is 833 g/mol. The number of esters is 2. The van der Waals surface area contributed by atoms with Crippen LogP contribution < -0.4 is 9.47 Å². The summed E-state index contributed by atoms with van der Waals surface area (Å²) in [5, 5.41) is 0. The molecule has 60 heavy (non-hydrogen) atoms. The fraction of sp³-hybridized carbons (Fsp3) is 0.667. The Labute approximate surface area is 368 Å². The van der Waals surface area contributed by atoms with Crippen molar-refractivity contribution < 1.29 is 28.5 Å². The molecule has 1 rings (SSSR count). The van der Waals surface area contributed by atoms with Gasteiger partial charge in [-0.2, -0.15) is 0 Å². The molecule has 6 heteroatoms. The van der Waals surface area contributed by atoms with E-state index in [0.717, 1.165) is 81.3 Å². The second-order valence-electron chi connectivity index (χ2n) is 16.2. The minimum absolute atomic E-state index is 0.123. The van der Waals surface area contributed by atoms with Gasteiger partial charge in [0.15, 0.2) is 0 Å². The normalized spacial score (nSPS) is 11.7. The number of unbranched alkanes of at least 4 members (excludes halogenated alkanes) is 20. The molecule has 0 N–H and O–H groups in total. The Morgan fingerprint density at radius 3 is 1.17 bits per heavy atom. The van der Waals surface area contributed by atoms with Crippen LogP contribution in [-0.4, -0.2) is 38.4 Å². The maximum atomic E-state index is 12.2. The first kappa shape index (κ1) is 54.5. The van der Waals surface area contributed by atoms with Gasteiger partial charge in [0, 0.05) is 18.9 Å². The van der Waals surface area contributed by atoms with Gasteiger partial charge in [-0.05, 0) is 120 Å². The molecule has 0 unspecified atom stereocenters. The minimum Gasteiger partial charge on any atom is -0.493 e. The smallest absolute Gasteiger partial charge is 0.305 e. The van der Waals surface area contributed by atoms with Crippen LogP contribution in [0.25, 0.3) is 6.08 Å². The summed E-state index contributed by atoms with van der Waals surface area (Å²) < 4.78 is 22.9. The van der Waals surface area contributed by atoms with Gasteiger partial charge in [0.05, 0.1) is 26.4 Å². The SMILES string of the molecule is C=Cc1cc(OCCCCC(=O)OCCCCCCCC/C=C\C/C=C\CCCCC)cc(OCCCCC(=O)OCCCCCCCC/C=C\C/C=C\CCCCC)c1. The molecule has 0 bridgehead atoms. The molecule has 0 aliphatic heterocycles. The van der Waals surface area contributed by atoms with E-state index in [0.29, 0.717) is 39.3 Å². The predicted molar refractivity (Wildman–Crippen MR) is 256 cm³/mol. The van der Waals surface area contributed by atoms with E-state index >= 15 is 0 Å². The molecule has 0 aromatic heterocycles. The Bertz CT molecular complexity index is 1190. The fourth-order valence-electron chi connectivity index (χ4n) is 6.70. The molecular weight excluding hydrogens is 745 g/mol. The zero-order valence-electron chi connectivity index (χ0n) is 38.6. The first-order valence-electron chi connectivity index (χ1n) is 24.5. The maximum absolute atomic E-state index is 12.2. The number of rotatable bonds is 43. The number of hydrogen-bond acceptors (Lipinski definition) is 6. The average Bonchev–Trinajstić information content (AvgIpc) is 3.25. The van der Waals surface area contributed by atoms with Crippen molar-refractivity contribution >= 4 is 18.0 Å². The van der Waals surface area contributed by atoms with Crippen LogP contribution in [0.1, 0.15) is 212 Å². The quantitative estimate of drug-likeness (QED) is 0.0371. The lowest BCUT2D eigenvalue weighted by Gasteiger charge is -2.11. The Morgan fingerprint density at radius 1 is 0.433 bits per heavy atom. The van der Waals surface area contributed by atoms with Crippen LogP contribution in [-0.2, 0) is 19.1 Å². The summed E-state index contributed by atoms with van der Waals surface area (Å²) >= 11 is 0. The van der Waals surface area contributed by atoms with E-state index in [1.54, 1.807) is 6.08 Å². The first-order chi connectivity index (χ1) is 29.6. The minimum atomic E-state index is -0.123. The lowest BCUT2D eigenvalue weighted by Crippen LogP contribution is -2.07. The van der Waals surface area contributed by atoms with Crippen LogP contribution in [0.15, 0.2) is 73.4 Å². The molecule has 1 aromatic rings. The number of allylic oxidation sites excluding steroid dienone is 8. The highest BCUT2D eigenvalue weighted by atomic mass is 16.5. The van der Waals surface area contributed by atoms with Crippen LogP contribution in [0.3, 0.4) is 0 Å². The van der Waals surface area contributed by atoms with Crippen molar-refractivity contribution in [3.63, 3.8) is 0 Å². The van der Waals surface area contributed by atoms with E-state index in [9.17, 15) is 9.59 Å². The number of carbonyl (C=O) groups is 2. The molecule has 0 spiro atoms. The molecule has 0 aliphatic rings. The Morgan fingerprint density at radius 2 is 0.783 bits per heavy atom. The van der Waals surface area contributed by atoms with Crippen molar-refractivity contribution in [2.45, 2.75) is 206 Å². The van der Waals surface area contributed by atoms with E-state index in [-0.39, 0.29) is 11.9 Å². The van der Waals surface area contributed by atoms with Crippen molar-refractivity contribution in [1.29, 1.82) is 0 Å². The molecule has 0 heterocycles. The van der Waals surface area contributed by atoms with Crippen molar-refractivity contribution in [1.82, 2.24) is 0 Å².